The Labute approximate surface area is 235 Å². The average Bonchev–Trinajstić information content (AvgIpc) is 2.91. The summed E-state index contributed by atoms with van der Waals surface area (Å²) in [5.74, 6) is 0.242. The first-order valence-corrected chi connectivity index (χ1v) is 13.0. The van der Waals surface area contributed by atoms with E-state index in [2.05, 4.69) is 25.7 Å². The minimum atomic E-state index is -4.85. The van der Waals surface area contributed by atoms with Crippen LogP contribution in [0, 0.1) is 5.82 Å². The van der Waals surface area contributed by atoms with Gasteiger partial charge in [0.05, 0.1) is 55.4 Å². The molecule has 0 bridgehead atoms. The Morgan fingerprint density at radius 1 is 1.24 bits per heavy atom. The van der Waals surface area contributed by atoms with Crippen molar-refractivity contribution in [1.82, 2.24) is 24.7 Å². The Morgan fingerprint density at radius 3 is 2.71 bits per heavy atom. The normalized spacial score (nSPS) is 14.4. The number of aryl methyl sites for hydroxylation is 1. The number of H-pyrrole nitrogens is 1. The molecule has 4 heterocycles. The van der Waals surface area contributed by atoms with Crippen molar-refractivity contribution >= 4 is 22.3 Å². The quantitative estimate of drug-likeness (QED) is 0.236. The molecule has 3 N–H and O–H groups in total. The number of alkyl halides is 3. The third-order valence-electron chi connectivity index (χ3n) is 6.84. The van der Waals surface area contributed by atoms with E-state index in [9.17, 15) is 22.8 Å². The lowest BCUT2D eigenvalue weighted by Gasteiger charge is -2.27. The number of rotatable bonds is 10. The fourth-order valence-electron chi connectivity index (χ4n) is 4.61. The molecule has 0 aliphatic carbocycles. The second-order valence-electron chi connectivity index (χ2n) is 9.90. The van der Waals surface area contributed by atoms with Crippen LogP contribution in [-0.2, 0) is 17.5 Å². The van der Waals surface area contributed by atoms with Crippen LogP contribution in [0.4, 0.5) is 29.1 Å². The number of hydrogen-bond acceptors (Lipinski definition) is 9. The van der Waals surface area contributed by atoms with E-state index in [0.29, 0.717) is 43.0 Å². The molecule has 1 unspecified atom stereocenters. The number of fused-ring (bicyclic) bond motifs is 1. The Balaban J connectivity index is 1.30. The molecule has 1 saturated heterocycles. The van der Waals surface area contributed by atoms with Crippen molar-refractivity contribution in [1.29, 1.82) is 0 Å². The number of nitrogens with one attached hydrogen (secondary N) is 3. The van der Waals surface area contributed by atoms with Crippen LogP contribution in [0.15, 0.2) is 46.4 Å². The maximum atomic E-state index is 15.3. The number of halogens is 4. The molecule has 1 atom stereocenters. The van der Waals surface area contributed by atoms with E-state index in [0.717, 1.165) is 12.3 Å². The smallest absolute Gasteiger partial charge is 0.423 e. The maximum Gasteiger partial charge on any atom is 0.423 e. The minimum absolute atomic E-state index is 0.0531. The van der Waals surface area contributed by atoms with E-state index in [1.807, 2.05) is 0 Å². The molecule has 42 heavy (non-hydrogen) atoms. The van der Waals surface area contributed by atoms with Gasteiger partial charge in [-0.05, 0) is 43.4 Å². The van der Waals surface area contributed by atoms with E-state index in [4.69, 9.17) is 9.47 Å². The first-order valence-electron chi connectivity index (χ1n) is 13.0. The van der Waals surface area contributed by atoms with Gasteiger partial charge in [-0.15, -0.1) is 0 Å². The van der Waals surface area contributed by atoms with Gasteiger partial charge in [-0.25, -0.2) is 19.5 Å². The number of methoxy groups -OCH3 is 1. The summed E-state index contributed by atoms with van der Waals surface area (Å²) in [4.78, 5) is 33.5. The van der Waals surface area contributed by atoms with Crippen LogP contribution in [-0.4, -0.2) is 57.1 Å². The molecule has 5 rings (SSSR count). The molecule has 0 radical (unpaired) electrons. The van der Waals surface area contributed by atoms with Gasteiger partial charge in [-0.1, -0.05) is 0 Å². The lowest BCUT2D eigenvalue weighted by atomic mass is 10.1. The second-order valence-corrected chi connectivity index (χ2v) is 9.90. The lowest BCUT2D eigenvalue weighted by molar-refractivity contribution is -0.138. The van der Waals surface area contributed by atoms with Crippen LogP contribution in [0.25, 0.3) is 22.2 Å². The SMILES string of the molecule is COc1cnc(-c2cc3ccn(CCCC(C)Nc4cn[nH]c(=O)c4C(F)(F)F)c(=O)c3cc2F)nc1NC1COC1. The minimum Gasteiger partial charge on any atom is -0.491 e. The van der Waals surface area contributed by atoms with Crippen molar-refractivity contribution in [3.8, 4) is 17.1 Å². The molecule has 1 aliphatic rings. The van der Waals surface area contributed by atoms with Crippen molar-refractivity contribution in [2.45, 2.75) is 44.6 Å². The van der Waals surface area contributed by atoms with Crippen LogP contribution in [0.2, 0.25) is 0 Å². The Bertz CT molecular complexity index is 1720. The van der Waals surface area contributed by atoms with E-state index < -0.39 is 40.4 Å². The standard InChI is InChI=1S/C27H27F4N7O4/c1-14(34-20-10-33-37-25(39)22(20)27(29,30)31)4-3-6-38-7-5-15-8-18(19(28)9-17(15)26(38)40)23-32-11-21(41-2)24(36-23)35-16-12-42-13-16/h5,7-11,14,16H,3-4,6,12-13H2,1-2H3,(H,32,35,36)(H2,34,37,39). The van der Waals surface area contributed by atoms with E-state index in [-0.39, 0.29) is 29.4 Å². The van der Waals surface area contributed by atoms with E-state index in [1.54, 1.807) is 24.3 Å². The first-order chi connectivity index (χ1) is 20.0. The molecule has 11 nitrogen and oxygen atoms in total. The second kappa shape index (κ2) is 11.8. The van der Waals surface area contributed by atoms with Crippen LogP contribution in [0.3, 0.4) is 0 Å². The van der Waals surface area contributed by atoms with Crippen molar-refractivity contribution in [3.63, 3.8) is 0 Å². The van der Waals surface area contributed by atoms with E-state index in [1.165, 1.54) is 23.9 Å². The van der Waals surface area contributed by atoms with Crippen molar-refractivity contribution in [3.05, 3.63) is 68.9 Å². The summed E-state index contributed by atoms with van der Waals surface area (Å²) >= 11 is 0. The number of nitrogens with zero attached hydrogens (tertiary/aromatic N) is 4. The molecule has 0 spiro atoms. The van der Waals surface area contributed by atoms with Gasteiger partial charge in [0.25, 0.3) is 11.1 Å². The van der Waals surface area contributed by atoms with Gasteiger partial charge in [0.2, 0.25) is 0 Å². The largest absolute Gasteiger partial charge is 0.491 e. The van der Waals surface area contributed by atoms with E-state index >= 15 is 4.39 Å². The van der Waals surface area contributed by atoms with Gasteiger partial charge in [-0.2, -0.15) is 18.3 Å². The number of benzene rings is 1. The number of aromatic nitrogens is 5. The summed E-state index contributed by atoms with van der Waals surface area (Å²) in [5, 5.41) is 11.7. The first kappa shape index (κ1) is 29.0. The molecule has 0 amide bonds. The zero-order valence-electron chi connectivity index (χ0n) is 22.6. The monoisotopic (exact) mass is 589 g/mol. The van der Waals surface area contributed by atoms with Gasteiger partial charge in [0.15, 0.2) is 17.4 Å². The van der Waals surface area contributed by atoms with Gasteiger partial charge >= 0.3 is 6.18 Å². The third-order valence-corrected chi connectivity index (χ3v) is 6.84. The Morgan fingerprint density at radius 2 is 2.02 bits per heavy atom. The Kier molecular flexibility index (Phi) is 8.11. The molecule has 15 heteroatoms. The number of anilines is 2. The van der Waals surface area contributed by atoms with Gasteiger partial charge < -0.3 is 24.7 Å². The summed E-state index contributed by atoms with van der Waals surface area (Å²) in [7, 11) is 1.48. The van der Waals surface area contributed by atoms with Crippen LogP contribution < -0.4 is 26.5 Å². The highest BCUT2D eigenvalue weighted by molar-refractivity contribution is 5.86. The summed E-state index contributed by atoms with van der Waals surface area (Å²) in [6, 6.07) is 3.91. The highest BCUT2D eigenvalue weighted by atomic mass is 19.4. The number of ether oxygens (including phenoxy) is 2. The van der Waals surface area contributed by atoms with Crippen LogP contribution in [0.1, 0.15) is 25.3 Å². The average molecular weight is 590 g/mol. The number of hydrogen-bond donors (Lipinski definition) is 3. The van der Waals surface area contributed by atoms with Crippen molar-refractivity contribution in [2.24, 2.45) is 0 Å². The fraction of sp³-hybridized carbons (Fsp3) is 0.370. The predicted octanol–water partition coefficient (Wildman–Crippen LogP) is 3.80. The molecule has 1 aliphatic heterocycles. The predicted molar refractivity (Wildman–Crippen MR) is 146 cm³/mol. The number of pyridine rings is 1. The highest BCUT2D eigenvalue weighted by Gasteiger charge is 2.37. The molecule has 3 aromatic heterocycles. The van der Waals surface area contributed by atoms with Crippen LogP contribution in [0.5, 0.6) is 5.75 Å². The summed E-state index contributed by atoms with van der Waals surface area (Å²) < 4.78 is 67.0. The zero-order valence-corrected chi connectivity index (χ0v) is 22.6. The fourth-order valence-corrected chi connectivity index (χ4v) is 4.61. The van der Waals surface area contributed by atoms with Gasteiger partial charge in [0, 0.05) is 18.8 Å². The van der Waals surface area contributed by atoms with Crippen molar-refractivity contribution in [2.75, 3.05) is 31.0 Å². The summed E-state index contributed by atoms with van der Waals surface area (Å²) in [6.07, 6.45) is -0.131. The van der Waals surface area contributed by atoms with Gasteiger partial charge in [-0.3, -0.25) is 9.59 Å². The molecule has 0 saturated carbocycles. The molecule has 1 aromatic carbocycles. The summed E-state index contributed by atoms with van der Waals surface area (Å²) in [5.41, 5.74) is -3.41. The molecule has 222 valence electrons. The molecule has 4 aromatic rings. The van der Waals surface area contributed by atoms with Crippen LogP contribution >= 0.6 is 0 Å². The number of aromatic amines is 1. The molecule has 1 fully saturated rings. The molecular formula is C27H27F4N7O4. The lowest BCUT2D eigenvalue weighted by Crippen LogP contribution is -2.40. The van der Waals surface area contributed by atoms with Gasteiger partial charge in [0.1, 0.15) is 11.4 Å². The Hall–Kier alpha value is -4.53. The third kappa shape index (κ3) is 6.05. The molecular weight excluding hydrogens is 562 g/mol. The highest BCUT2D eigenvalue weighted by Crippen LogP contribution is 2.32. The zero-order chi connectivity index (χ0) is 30.0. The topological polar surface area (TPSA) is 136 Å². The van der Waals surface area contributed by atoms with Crippen molar-refractivity contribution < 1.29 is 27.0 Å². The maximum absolute atomic E-state index is 15.3. The summed E-state index contributed by atoms with van der Waals surface area (Å²) in [6.45, 7) is 2.92.